The van der Waals surface area contributed by atoms with E-state index in [0.717, 1.165) is 38.7 Å². The van der Waals surface area contributed by atoms with Crippen molar-refractivity contribution in [2.45, 2.75) is 43.7 Å². The van der Waals surface area contributed by atoms with E-state index in [1.165, 1.54) is 10.7 Å². The first-order valence-corrected chi connectivity index (χ1v) is 8.22. The molecule has 2 aromatic heterocycles. The highest BCUT2D eigenvalue weighted by Crippen LogP contribution is 2.41. The molecule has 1 spiro atoms. The van der Waals surface area contributed by atoms with Gasteiger partial charge in [0.1, 0.15) is 5.69 Å². The summed E-state index contributed by atoms with van der Waals surface area (Å²) >= 11 is 0. The van der Waals surface area contributed by atoms with E-state index in [0.29, 0.717) is 11.3 Å². The van der Waals surface area contributed by atoms with E-state index in [-0.39, 0.29) is 11.6 Å². The summed E-state index contributed by atoms with van der Waals surface area (Å²) in [5.41, 5.74) is 0.631. The van der Waals surface area contributed by atoms with Crippen LogP contribution < -0.4 is 10.6 Å². The van der Waals surface area contributed by atoms with E-state index < -0.39 is 11.8 Å². The summed E-state index contributed by atoms with van der Waals surface area (Å²) < 4.78 is 7.42. The molecule has 2 aromatic rings. The average molecular weight is 329 g/mol. The summed E-state index contributed by atoms with van der Waals surface area (Å²) in [6.07, 6.45) is 9.54. The van der Waals surface area contributed by atoms with Gasteiger partial charge in [0.05, 0.1) is 17.8 Å². The molecule has 1 saturated heterocycles. The topological polar surface area (TPSA) is 97.6 Å². The lowest BCUT2D eigenvalue weighted by Gasteiger charge is -2.30. The van der Waals surface area contributed by atoms with Crippen molar-refractivity contribution in [1.29, 1.82) is 0 Å². The third-order valence-electron chi connectivity index (χ3n) is 4.90. The van der Waals surface area contributed by atoms with Crippen LogP contribution in [0.2, 0.25) is 0 Å². The van der Waals surface area contributed by atoms with Crippen LogP contribution in [0.4, 0.5) is 5.69 Å². The van der Waals surface area contributed by atoms with Crippen LogP contribution in [0.15, 0.2) is 24.7 Å². The number of nitrogens with zero attached hydrogens (tertiary/aromatic N) is 3. The molecule has 3 heterocycles. The Balaban J connectivity index is 1.44. The largest absolute Gasteiger partial charge is 0.373 e. The maximum Gasteiger partial charge on any atom is 0.313 e. The summed E-state index contributed by atoms with van der Waals surface area (Å²) in [4.78, 5) is 28.6. The number of fused-ring (bicyclic) bond motifs is 1. The zero-order valence-corrected chi connectivity index (χ0v) is 13.2. The minimum Gasteiger partial charge on any atom is -0.373 e. The molecule has 4 rings (SSSR count). The number of nitrogens with one attached hydrogen (secondary N) is 2. The fourth-order valence-corrected chi connectivity index (χ4v) is 3.76. The predicted molar refractivity (Wildman–Crippen MR) is 85.3 cm³/mol. The van der Waals surface area contributed by atoms with Crippen molar-refractivity contribution in [3.05, 3.63) is 24.7 Å². The van der Waals surface area contributed by atoms with E-state index in [1.807, 2.05) is 0 Å². The van der Waals surface area contributed by atoms with E-state index in [9.17, 15) is 9.59 Å². The summed E-state index contributed by atoms with van der Waals surface area (Å²) in [7, 11) is 0. The Kier molecular flexibility index (Phi) is 3.68. The minimum absolute atomic E-state index is 0.0970. The van der Waals surface area contributed by atoms with Crippen molar-refractivity contribution in [1.82, 2.24) is 19.9 Å². The second-order valence-corrected chi connectivity index (χ2v) is 6.34. The number of hydrogen-bond acceptors (Lipinski definition) is 5. The standard InChI is InChI=1S/C16H19N5O3/c22-14(19-11-10-18-21-8-3-7-17-13(11)21)15(23)20-12-4-1-5-16(12)6-2-9-24-16/h3,7-8,10,12H,1-2,4-6,9H2,(H,19,22)(H,20,23). The number of carbonyl (C=O) groups excluding carboxylic acids is 2. The van der Waals surface area contributed by atoms with Crippen LogP contribution in [-0.4, -0.2) is 44.7 Å². The van der Waals surface area contributed by atoms with E-state index in [1.54, 1.807) is 18.5 Å². The van der Waals surface area contributed by atoms with Crippen LogP contribution in [0.1, 0.15) is 32.1 Å². The van der Waals surface area contributed by atoms with Crippen LogP contribution in [0, 0.1) is 0 Å². The maximum absolute atomic E-state index is 12.3. The molecule has 0 bridgehead atoms. The van der Waals surface area contributed by atoms with Crippen LogP contribution in [0.25, 0.3) is 5.65 Å². The SMILES string of the molecule is O=C(Nc1cnn2cccnc12)C(=O)NC1CCCC12CCCO2. The van der Waals surface area contributed by atoms with Crippen molar-refractivity contribution >= 4 is 23.1 Å². The molecular formula is C16H19N5O3. The first kappa shape index (κ1) is 15.1. The molecule has 0 radical (unpaired) electrons. The molecule has 24 heavy (non-hydrogen) atoms. The normalized spacial score (nSPS) is 26.1. The molecule has 2 unspecified atom stereocenters. The van der Waals surface area contributed by atoms with Gasteiger partial charge in [-0.2, -0.15) is 5.10 Å². The quantitative estimate of drug-likeness (QED) is 0.797. The van der Waals surface area contributed by atoms with Gasteiger partial charge in [0.15, 0.2) is 5.65 Å². The highest BCUT2D eigenvalue weighted by atomic mass is 16.5. The molecule has 126 valence electrons. The lowest BCUT2D eigenvalue weighted by atomic mass is 9.94. The molecule has 2 fully saturated rings. The lowest BCUT2D eigenvalue weighted by molar-refractivity contribution is -0.137. The number of hydrogen-bond donors (Lipinski definition) is 2. The Morgan fingerprint density at radius 2 is 2.17 bits per heavy atom. The van der Waals surface area contributed by atoms with Gasteiger partial charge in [-0.15, -0.1) is 0 Å². The van der Waals surface area contributed by atoms with Gasteiger partial charge in [0.2, 0.25) is 0 Å². The van der Waals surface area contributed by atoms with Crippen LogP contribution >= 0.6 is 0 Å². The fraction of sp³-hybridized carbons (Fsp3) is 0.500. The van der Waals surface area contributed by atoms with E-state index in [2.05, 4.69) is 20.7 Å². The predicted octanol–water partition coefficient (Wildman–Crippen LogP) is 0.886. The monoisotopic (exact) mass is 329 g/mol. The molecule has 2 atom stereocenters. The van der Waals surface area contributed by atoms with Gasteiger partial charge in [-0.1, -0.05) is 0 Å². The molecule has 8 heteroatoms. The molecule has 2 amide bonds. The third kappa shape index (κ3) is 2.52. The smallest absolute Gasteiger partial charge is 0.313 e. The number of ether oxygens (including phenoxy) is 1. The minimum atomic E-state index is -0.712. The third-order valence-corrected chi connectivity index (χ3v) is 4.90. The van der Waals surface area contributed by atoms with E-state index in [4.69, 9.17) is 4.74 Å². The molecular weight excluding hydrogens is 310 g/mol. The van der Waals surface area contributed by atoms with Crippen molar-refractivity contribution in [3.8, 4) is 0 Å². The first-order valence-electron chi connectivity index (χ1n) is 8.22. The maximum atomic E-state index is 12.3. The highest BCUT2D eigenvalue weighted by molar-refractivity contribution is 6.40. The molecule has 1 aliphatic heterocycles. The molecule has 2 N–H and O–H groups in total. The van der Waals surface area contributed by atoms with Gasteiger partial charge in [0, 0.05) is 19.0 Å². The number of amides is 2. The van der Waals surface area contributed by atoms with Crippen LogP contribution in [0.3, 0.4) is 0 Å². The number of rotatable bonds is 2. The van der Waals surface area contributed by atoms with Crippen LogP contribution in [-0.2, 0) is 14.3 Å². The summed E-state index contributed by atoms with van der Waals surface area (Å²) in [5, 5.41) is 9.51. The Bertz CT molecular complexity index is 775. The van der Waals surface area contributed by atoms with Gasteiger partial charge in [-0.25, -0.2) is 9.50 Å². The van der Waals surface area contributed by atoms with Gasteiger partial charge in [0.25, 0.3) is 0 Å². The van der Waals surface area contributed by atoms with E-state index >= 15 is 0 Å². The Hall–Kier alpha value is -2.48. The number of carbonyl (C=O) groups is 2. The van der Waals surface area contributed by atoms with Crippen molar-refractivity contribution in [3.63, 3.8) is 0 Å². The zero-order valence-electron chi connectivity index (χ0n) is 13.2. The first-order chi connectivity index (χ1) is 11.7. The van der Waals surface area contributed by atoms with Gasteiger partial charge < -0.3 is 15.4 Å². The second-order valence-electron chi connectivity index (χ2n) is 6.34. The Morgan fingerprint density at radius 3 is 3.00 bits per heavy atom. The van der Waals surface area contributed by atoms with Crippen molar-refractivity contribution in [2.24, 2.45) is 0 Å². The highest BCUT2D eigenvalue weighted by Gasteiger charge is 2.47. The van der Waals surface area contributed by atoms with Gasteiger partial charge >= 0.3 is 11.8 Å². The number of anilines is 1. The molecule has 2 aliphatic rings. The molecule has 1 saturated carbocycles. The lowest BCUT2D eigenvalue weighted by Crippen LogP contribution is -2.51. The average Bonchev–Trinajstić information content (AvgIpc) is 3.31. The van der Waals surface area contributed by atoms with Crippen molar-refractivity contribution in [2.75, 3.05) is 11.9 Å². The Morgan fingerprint density at radius 1 is 1.29 bits per heavy atom. The summed E-state index contributed by atoms with van der Waals surface area (Å²) in [6, 6.07) is 1.64. The van der Waals surface area contributed by atoms with Crippen LogP contribution in [0.5, 0.6) is 0 Å². The summed E-state index contributed by atoms with van der Waals surface area (Å²) in [6.45, 7) is 0.729. The van der Waals surface area contributed by atoms with Crippen molar-refractivity contribution < 1.29 is 14.3 Å². The van der Waals surface area contributed by atoms with Gasteiger partial charge in [-0.3, -0.25) is 9.59 Å². The second kappa shape index (κ2) is 5.86. The summed E-state index contributed by atoms with van der Waals surface area (Å²) in [5.74, 6) is -1.36. The zero-order chi connectivity index (χ0) is 16.6. The molecule has 8 nitrogen and oxygen atoms in total. The molecule has 1 aliphatic carbocycles. The van der Waals surface area contributed by atoms with Gasteiger partial charge in [-0.05, 0) is 38.2 Å². The fourth-order valence-electron chi connectivity index (χ4n) is 3.76. The number of aromatic nitrogens is 3. The Labute approximate surface area is 138 Å². The molecule has 0 aromatic carbocycles.